The number of nitriles is 1. The first-order valence-corrected chi connectivity index (χ1v) is 8.75. The van der Waals surface area contributed by atoms with Crippen LogP contribution in [0, 0.1) is 17.2 Å². The smallest absolute Gasteiger partial charge is 0.193 e. The van der Waals surface area contributed by atoms with Crippen molar-refractivity contribution in [3.63, 3.8) is 0 Å². The standard InChI is InChI=1S/C17H24N4S/c1-13(2)16-12-21(7-8-22-16)17(19-3)20-11-15-6-4-5-14(9-15)10-18/h4-6,9,13,16H,7-8,11-12H2,1-3H3,(H,19,20). The highest BCUT2D eigenvalue weighted by Gasteiger charge is 2.24. The number of aliphatic imine (C=N–C) groups is 1. The summed E-state index contributed by atoms with van der Waals surface area (Å²) in [6.07, 6.45) is 0. The molecule has 1 aromatic rings. The van der Waals surface area contributed by atoms with Gasteiger partial charge < -0.3 is 10.2 Å². The lowest BCUT2D eigenvalue weighted by molar-refractivity contribution is 0.380. The van der Waals surface area contributed by atoms with Gasteiger partial charge >= 0.3 is 0 Å². The van der Waals surface area contributed by atoms with E-state index in [-0.39, 0.29) is 0 Å². The molecule has 1 unspecified atom stereocenters. The molecule has 1 fully saturated rings. The van der Waals surface area contributed by atoms with Gasteiger partial charge in [0.05, 0.1) is 11.6 Å². The average molecular weight is 316 g/mol. The van der Waals surface area contributed by atoms with E-state index in [2.05, 4.69) is 46.9 Å². The summed E-state index contributed by atoms with van der Waals surface area (Å²) in [7, 11) is 1.83. The Kier molecular flexibility index (Phi) is 6.14. The number of thioether (sulfide) groups is 1. The predicted octanol–water partition coefficient (Wildman–Crippen LogP) is 2.71. The van der Waals surface area contributed by atoms with Crippen molar-refractivity contribution in [3.05, 3.63) is 35.4 Å². The van der Waals surface area contributed by atoms with E-state index < -0.39 is 0 Å². The molecule has 2 rings (SSSR count). The average Bonchev–Trinajstić information content (AvgIpc) is 2.56. The van der Waals surface area contributed by atoms with Gasteiger partial charge in [0.15, 0.2) is 5.96 Å². The van der Waals surface area contributed by atoms with Crippen LogP contribution in [0.4, 0.5) is 0 Å². The quantitative estimate of drug-likeness (QED) is 0.688. The van der Waals surface area contributed by atoms with E-state index in [0.29, 0.717) is 23.3 Å². The molecule has 1 N–H and O–H groups in total. The topological polar surface area (TPSA) is 51.4 Å². The Morgan fingerprint density at radius 2 is 2.36 bits per heavy atom. The monoisotopic (exact) mass is 316 g/mol. The van der Waals surface area contributed by atoms with Crippen molar-refractivity contribution in [2.24, 2.45) is 10.9 Å². The summed E-state index contributed by atoms with van der Waals surface area (Å²) in [6.45, 7) is 7.33. The van der Waals surface area contributed by atoms with E-state index in [1.165, 1.54) is 0 Å². The normalized spacial score (nSPS) is 19.1. The summed E-state index contributed by atoms with van der Waals surface area (Å²) in [5.41, 5.74) is 1.80. The molecule has 1 heterocycles. The van der Waals surface area contributed by atoms with Crippen LogP contribution in [0.5, 0.6) is 0 Å². The molecular formula is C17H24N4S. The summed E-state index contributed by atoms with van der Waals surface area (Å²) in [5, 5.41) is 13.1. The maximum atomic E-state index is 8.97. The van der Waals surface area contributed by atoms with E-state index in [9.17, 15) is 0 Å². The van der Waals surface area contributed by atoms with Crippen LogP contribution in [0.25, 0.3) is 0 Å². The molecule has 1 aromatic carbocycles. The zero-order valence-corrected chi connectivity index (χ0v) is 14.4. The molecule has 0 radical (unpaired) electrons. The molecule has 1 atom stereocenters. The van der Waals surface area contributed by atoms with Gasteiger partial charge in [0.25, 0.3) is 0 Å². The molecule has 0 amide bonds. The summed E-state index contributed by atoms with van der Waals surface area (Å²) in [4.78, 5) is 6.76. The highest BCUT2D eigenvalue weighted by Crippen LogP contribution is 2.24. The fraction of sp³-hybridized carbons (Fsp3) is 0.529. The second-order valence-electron chi connectivity index (χ2n) is 5.81. The fourth-order valence-corrected chi connectivity index (χ4v) is 3.83. The number of nitrogens with zero attached hydrogens (tertiary/aromatic N) is 3. The van der Waals surface area contributed by atoms with Gasteiger partial charge in [-0.1, -0.05) is 26.0 Å². The molecule has 0 saturated carbocycles. The van der Waals surface area contributed by atoms with Crippen LogP contribution in [0.3, 0.4) is 0 Å². The molecule has 0 aliphatic carbocycles. The Bertz CT molecular complexity index is 562. The second-order valence-corrected chi connectivity index (χ2v) is 7.16. The van der Waals surface area contributed by atoms with E-state index in [1.54, 1.807) is 0 Å². The van der Waals surface area contributed by atoms with Crippen LogP contribution in [-0.4, -0.2) is 42.0 Å². The minimum atomic E-state index is 0.661. The van der Waals surface area contributed by atoms with E-state index in [0.717, 1.165) is 30.4 Å². The second kappa shape index (κ2) is 8.09. The third kappa shape index (κ3) is 4.41. The minimum Gasteiger partial charge on any atom is -0.352 e. The first kappa shape index (κ1) is 16.7. The third-order valence-corrected chi connectivity index (χ3v) is 5.39. The van der Waals surface area contributed by atoms with Crippen molar-refractivity contribution < 1.29 is 0 Å². The molecule has 22 heavy (non-hydrogen) atoms. The number of rotatable bonds is 3. The lowest BCUT2D eigenvalue weighted by atomic mass is 10.1. The summed E-state index contributed by atoms with van der Waals surface area (Å²) in [6, 6.07) is 9.88. The third-order valence-electron chi connectivity index (χ3n) is 3.86. The van der Waals surface area contributed by atoms with Crippen LogP contribution in [-0.2, 0) is 6.54 Å². The van der Waals surface area contributed by atoms with Crippen molar-refractivity contribution in [3.8, 4) is 6.07 Å². The van der Waals surface area contributed by atoms with Gasteiger partial charge in [-0.2, -0.15) is 17.0 Å². The van der Waals surface area contributed by atoms with Crippen LogP contribution >= 0.6 is 11.8 Å². The van der Waals surface area contributed by atoms with Gasteiger partial charge in [0.2, 0.25) is 0 Å². The number of hydrogen-bond donors (Lipinski definition) is 1. The van der Waals surface area contributed by atoms with Gasteiger partial charge in [-0.05, 0) is 23.6 Å². The van der Waals surface area contributed by atoms with Gasteiger partial charge in [-0.3, -0.25) is 4.99 Å². The van der Waals surface area contributed by atoms with Crippen molar-refractivity contribution >= 4 is 17.7 Å². The van der Waals surface area contributed by atoms with Gasteiger partial charge in [-0.25, -0.2) is 0 Å². The number of guanidine groups is 1. The van der Waals surface area contributed by atoms with Crippen molar-refractivity contribution in [2.45, 2.75) is 25.6 Å². The largest absolute Gasteiger partial charge is 0.352 e. The van der Waals surface area contributed by atoms with Crippen LogP contribution in [0.1, 0.15) is 25.0 Å². The van der Waals surface area contributed by atoms with Crippen LogP contribution in [0.2, 0.25) is 0 Å². The minimum absolute atomic E-state index is 0.661. The molecule has 4 nitrogen and oxygen atoms in total. The molecule has 1 saturated heterocycles. The molecule has 0 aromatic heterocycles. The lowest BCUT2D eigenvalue weighted by Gasteiger charge is -2.36. The first-order valence-electron chi connectivity index (χ1n) is 7.70. The lowest BCUT2D eigenvalue weighted by Crippen LogP contribution is -2.48. The maximum Gasteiger partial charge on any atom is 0.193 e. The van der Waals surface area contributed by atoms with Crippen molar-refractivity contribution in [1.82, 2.24) is 10.2 Å². The van der Waals surface area contributed by atoms with Crippen LogP contribution < -0.4 is 5.32 Å². The van der Waals surface area contributed by atoms with Gasteiger partial charge in [-0.15, -0.1) is 0 Å². The molecular weight excluding hydrogens is 292 g/mol. The number of hydrogen-bond acceptors (Lipinski definition) is 3. The predicted molar refractivity (Wildman–Crippen MR) is 94.0 cm³/mol. The SMILES string of the molecule is CN=C(NCc1cccc(C#N)c1)N1CCSC(C(C)C)C1. The summed E-state index contributed by atoms with van der Waals surface area (Å²) in [5.74, 6) is 2.78. The van der Waals surface area contributed by atoms with E-state index in [4.69, 9.17) is 5.26 Å². The Morgan fingerprint density at radius 1 is 1.55 bits per heavy atom. The van der Waals surface area contributed by atoms with E-state index >= 15 is 0 Å². The molecule has 0 bridgehead atoms. The molecule has 0 spiro atoms. The molecule has 118 valence electrons. The highest BCUT2D eigenvalue weighted by atomic mass is 32.2. The zero-order valence-electron chi connectivity index (χ0n) is 13.5. The van der Waals surface area contributed by atoms with Crippen LogP contribution in [0.15, 0.2) is 29.3 Å². The number of nitrogens with one attached hydrogen (secondary N) is 1. The Hall–Kier alpha value is -1.67. The Balaban J connectivity index is 1.96. The molecule has 5 heteroatoms. The Labute approximate surface area is 137 Å². The Morgan fingerprint density at radius 3 is 3.05 bits per heavy atom. The fourth-order valence-electron chi connectivity index (χ4n) is 2.54. The molecule has 1 aliphatic rings. The first-order chi connectivity index (χ1) is 10.6. The zero-order chi connectivity index (χ0) is 15.9. The highest BCUT2D eigenvalue weighted by molar-refractivity contribution is 8.00. The summed E-state index contributed by atoms with van der Waals surface area (Å²) < 4.78 is 0. The maximum absolute atomic E-state index is 8.97. The van der Waals surface area contributed by atoms with Crippen molar-refractivity contribution in [1.29, 1.82) is 5.26 Å². The molecule has 1 aliphatic heterocycles. The number of benzene rings is 1. The summed E-state index contributed by atoms with van der Waals surface area (Å²) >= 11 is 2.06. The van der Waals surface area contributed by atoms with Crippen molar-refractivity contribution in [2.75, 3.05) is 25.9 Å². The van der Waals surface area contributed by atoms with Gasteiger partial charge in [0.1, 0.15) is 0 Å². The van der Waals surface area contributed by atoms with Gasteiger partial charge in [0, 0.05) is 37.7 Å². The van der Waals surface area contributed by atoms with E-state index in [1.807, 2.05) is 31.3 Å².